The van der Waals surface area contributed by atoms with Crippen LogP contribution in [0.2, 0.25) is 0 Å². The summed E-state index contributed by atoms with van der Waals surface area (Å²) in [6.45, 7) is 10.4. The third-order valence-corrected chi connectivity index (χ3v) is 3.06. The lowest BCUT2D eigenvalue weighted by Gasteiger charge is -2.42. The zero-order valence-electron chi connectivity index (χ0n) is 11.5. The van der Waals surface area contributed by atoms with Crippen molar-refractivity contribution in [1.82, 2.24) is 15.0 Å². The minimum Gasteiger partial charge on any atom is -0.377 e. The van der Waals surface area contributed by atoms with Gasteiger partial charge in [-0.1, -0.05) is 13.8 Å². The first-order valence-corrected chi connectivity index (χ1v) is 6.27. The summed E-state index contributed by atoms with van der Waals surface area (Å²) in [6.07, 6.45) is 0. The Bertz CT molecular complexity index is 432. The van der Waals surface area contributed by atoms with Crippen LogP contribution in [0, 0.1) is 0 Å². The van der Waals surface area contributed by atoms with Crippen molar-refractivity contribution in [3.05, 3.63) is 5.82 Å². The van der Waals surface area contributed by atoms with E-state index >= 15 is 0 Å². The summed E-state index contributed by atoms with van der Waals surface area (Å²) in [7, 11) is 0. The molecule has 1 aliphatic rings. The molecule has 0 atom stereocenters. The van der Waals surface area contributed by atoms with Crippen LogP contribution in [-0.4, -0.2) is 40.2 Å². The van der Waals surface area contributed by atoms with Crippen LogP contribution < -0.4 is 10.6 Å². The molecule has 6 nitrogen and oxygen atoms in total. The molecule has 0 radical (unpaired) electrons. The van der Waals surface area contributed by atoms with Crippen LogP contribution in [0.25, 0.3) is 0 Å². The standard InChI is InChI=1S/C12H21N5O/c1-8(2)9-14-10(13)16-11(15-9)17-5-6-18-7-12(17,3)4/h8H,5-7H2,1-4H3,(H2,13,14,15,16). The van der Waals surface area contributed by atoms with Crippen molar-refractivity contribution in [3.8, 4) is 0 Å². The highest BCUT2D eigenvalue weighted by atomic mass is 16.5. The lowest BCUT2D eigenvalue weighted by atomic mass is 10.0. The van der Waals surface area contributed by atoms with E-state index in [1.165, 1.54) is 0 Å². The van der Waals surface area contributed by atoms with Gasteiger partial charge in [0.25, 0.3) is 0 Å². The molecule has 0 aromatic carbocycles. The van der Waals surface area contributed by atoms with Crippen molar-refractivity contribution in [2.45, 2.75) is 39.2 Å². The lowest BCUT2D eigenvalue weighted by molar-refractivity contribution is 0.0633. The molecule has 1 aliphatic heterocycles. The second kappa shape index (κ2) is 4.68. The van der Waals surface area contributed by atoms with Gasteiger partial charge < -0.3 is 15.4 Å². The molecule has 0 spiro atoms. The first kappa shape index (κ1) is 13.0. The number of hydrogen-bond donors (Lipinski definition) is 1. The van der Waals surface area contributed by atoms with E-state index in [4.69, 9.17) is 10.5 Å². The molecule has 2 N–H and O–H groups in total. The molecule has 1 fully saturated rings. The van der Waals surface area contributed by atoms with Crippen molar-refractivity contribution >= 4 is 11.9 Å². The van der Waals surface area contributed by atoms with E-state index in [1.54, 1.807) is 0 Å². The van der Waals surface area contributed by atoms with Gasteiger partial charge in [-0.15, -0.1) is 0 Å². The monoisotopic (exact) mass is 251 g/mol. The highest BCUT2D eigenvalue weighted by Crippen LogP contribution is 2.25. The molecule has 2 heterocycles. The Balaban J connectivity index is 2.37. The number of aromatic nitrogens is 3. The van der Waals surface area contributed by atoms with E-state index < -0.39 is 0 Å². The van der Waals surface area contributed by atoms with Crippen molar-refractivity contribution in [1.29, 1.82) is 0 Å². The maximum atomic E-state index is 5.77. The number of ether oxygens (including phenoxy) is 1. The fourth-order valence-electron chi connectivity index (χ4n) is 2.01. The quantitative estimate of drug-likeness (QED) is 0.850. The van der Waals surface area contributed by atoms with Crippen LogP contribution in [0.15, 0.2) is 0 Å². The summed E-state index contributed by atoms with van der Waals surface area (Å²) in [6, 6.07) is 0. The summed E-state index contributed by atoms with van der Waals surface area (Å²) in [5.74, 6) is 1.91. The van der Waals surface area contributed by atoms with Crippen LogP contribution in [-0.2, 0) is 4.74 Å². The van der Waals surface area contributed by atoms with Gasteiger partial charge in [0.05, 0.1) is 18.8 Å². The zero-order chi connectivity index (χ0) is 13.3. The van der Waals surface area contributed by atoms with Crippen LogP contribution in [0.3, 0.4) is 0 Å². The molecule has 18 heavy (non-hydrogen) atoms. The van der Waals surface area contributed by atoms with E-state index in [1.807, 2.05) is 13.8 Å². The average Bonchev–Trinajstić information content (AvgIpc) is 2.27. The second-order valence-corrected chi connectivity index (χ2v) is 5.52. The minimum atomic E-state index is -0.125. The molecule has 0 unspecified atom stereocenters. The lowest BCUT2D eigenvalue weighted by Crippen LogP contribution is -2.54. The summed E-state index contributed by atoms with van der Waals surface area (Å²) >= 11 is 0. The maximum Gasteiger partial charge on any atom is 0.231 e. The van der Waals surface area contributed by atoms with Gasteiger partial charge in [0, 0.05) is 12.5 Å². The number of anilines is 2. The number of morpholine rings is 1. The highest BCUT2D eigenvalue weighted by Gasteiger charge is 2.33. The first-order valence-electron chi connectivity index (χ1n) is 6.27. The average molecular weight is 251 g/mol. The van der Waals surface area contributed by atoms with Gasteiger partial charge >= 0.3 is 0 Å². The van der Waals surface area contributed by atoms with E-state index in [2.05, 4.69) is 33.7 Å². The molecular weight excluding hydrogens is 230 g/mol. The van der Waals surface area contributed by atoms with Crippen LogP contribution >= 0.6 is 0 Å². The Kier molecular flexibility index (Phi) is 3.38. The first-order chi connectivity index (χ1) is 8.40. The van der Waals surface area contributed by atoms with Gasteiger partial charge in [0.15, 0.2) is 0 Å². The van der Waals surface area contributed by atoms with Crippen LogP contribution in [0.4, 0.5) is 11.9 Å². The fourth-order valence-corrected chi connectivity index (χ4v) is 2.01. The number of nitrogens with two attached hydrogens (primary N) is 1. The molecule has 100 valence electrons. The summed E-state index contributed by atoms with van der Waals surface area (Å²) in [5, 5.41) is 0. The largest absolute Gasteiger partial charge is 0.377 e. The smallest absolute Gasteiger partial charge is 0.231 e. The maximum absolute atomic E-state index is 5.77. The van der Waals surface area contributed by atoms with Crippen molar-refractivity contribution < 1.29 is 4.74 Å². The van der Waals surface area contributed by atoms with E-state index in [-0.39, 0.29) is 17.4 Å². The summed E-state index contributed by atoms with van der Waals surface area (Å²) in [5.41, 5.74) is 5.65. The molecule has 6 heteroatoms. The van der Waals surface area contributed by atoms with E-state index in [0.717, 1.165) is 12.4 Å². The predicted octanol–water partition coefficient (Wildman–Crippen LogP) is 1.19. The molecule has 0 amide bonds. The highest BCUT2D eigenvalue weighted by molar-refractivity contribution is 5.39. The molecular formula is C12H21N5O. The molecule has 0 aliphatic carbocycles. The van der Waals surface area contributed by atoms with Gasteiger partial charge in [0.1, 0.15) is 5.82 Å². The molecule has 1 saturated heterocycles. The zero-order valence-corrected chi connectivity index (χ0v) is 11.5. The number of hydrogen-bond acceptors (Lipinski definition) is 6. The van der Waals surface area contributed by atoms with Gasteiger partial charge in [-0.05, 0) is 13.8 Å². The molecule has 1 aromatic rings. The Labute approximate surface area is 108 Å². The van der Waals surface area contributed by atoms with Crippen molar-refractivity contribution in [2.75, 3.05) is 30.4 Å². The van der Waals surface area contributed by atoms with Crippen molar-refractivity contribution in [2.24, 2.45) is 0 Å². The van der Waals surface area contributed by atoms with Crippen LogP contribution in [0.5, 0.6) is 0 Å². The molecule has 2 rings (SSSR count). The normalized spacial score (nSPS) is 19.3. The predicted molar refractivity (Wildman–Crippen MR) is 70.6 cm³/mol. The van der Waals surface area contributed by atoms with Crippen molar-refractivity contribution in [3.63, 3.8) is 0 Å². The number of nitrogens with zero attached hydrogens (tertiary/aromatic N) is 4. The molecule has 1 aromatic heterocycles. The van der Waals surface area contributed by atoms with Gasteiger partial charge in [0.2, 0.25) is 11.9 Å². The third-order valence-electron chi connectivity index (χ3n) is 3.06. The summed E-state index contributed by atoms with van der Waals surface area (Å²) in [4.78, 5) is 15.1. The van der Waals surface area contributed by atoms with Gasteiger partial charge in [-0.25, -0.2) is 0 Å². The third kappa shape index (κ3) is 2.53. The molecule has 0 bridgehead atoms. The number of nitrogen functional groups attached to an aromatic ring is 1. The Morgan fingerprint density at radius 2 is 2.00 bits per heavy atom. The topological polar surface area (TPSA) is 77.2 Å². The van der Waals surface area contributed by atoms with Gasteiger partial charge in [-0.2, -0.15) is 15.0 Å². The van der Waals surface area contributed by atoms with Gasteiger partial charge in [-0.3, -0.25) is 0 Å². The molecule has 0 saturated carbocycles. The number of rotatable bonds is 2. The fraction of sp³-hybridized carbons (Fsp3) is 0.750. The minimum absolute atomic E-state index is 0.125. The Morgan fingerprint density at radius 1 is 1.28 bits per heavy atom. The SMILES string of the molecule is CC(C)c1nc(N)nc(N2CCOCC2(C)C)n1. The van der Waals surface area contributed by atoms with E-state index in [0.29, 0.717) is 19.2 Å². The second-order valence-electron chi connectivity index (χ2n) is 5.52. The summed E-state index contributed by atoms with van der Waals surface area (Å²) < 4.78 is 5.50. The van der Waals surface area contributed by atoms with E-state index in [9.17, 15) is 0 Å². The Hall–Kier alpha value is -1.43. The van der Waals surface area contributed by atoms with Crippen LogP contribution in [0.1, 0.15) is 39.4 Å². The Morgan fingerprint density at radius 3 is 2.61 bits per heavy atom.